The van der Waals surface area contributed by atoms with E-state index in [-0.39, 0.29) is 24.4 Å². The summed E-state index contributed by atoms with van der Waals surface area (Å²) in [7, 11) is 0. The summed E-state index contributed by atoms with van der Waals surface area (Å²) < 4.78 is 0. The van der Waals surface area contributed by atoms with E-state index >= 15 is 0 Å². The first-order chi connectivity index (χ1) is 7.97. The molecular weight excluding hydrogens is 216 g/mol. The zero-order valence-electron chi connectivity index (χ0n) is 10.3. The fourth-order valence-electron chi connectivity index (χ4n) is 1.57. The minimum Gasteiger partial charge on any atom is -0.382 e. The standard InChI is InChI=1S/C14H18O3/c1-3-12(15)9-10-14(2,17)13(16)11-7-5-4-6-8-11/h4-8,17H,3,9-10H2,1-2H3. The maximum absolute atomic E-state index is 12.0. The van der Waals surface area contributed by atoms with Crippen LogP contribution >= 0.6 is 0 Å². The van der Waals surface area contributed by atoms with Gasteiger partial charge in [-0.25, -0.2) is 0 Å². The second-order valence-electron chi connectivity index (χ2n) is 4.36. The van der Waals surface area contributed by atoms with Crippen LogP contribution in [0.25, 0.3) is 0 Å². The Bertz CT molecular complexity index is 393. The first-order valence-corrected chi connectivity index (χ1v) is 5.81. The van der Waals surface area contributed by atoms with E-state index in [9.17, 15) is 14.7 Å². The van der Waals surface area contributed by atoms with Crippen molar-refractivity contribution in [3.63, 3.8) is 0 Å². The Kier molecular flexibility index (Phi) is 4.58. The maximum atomic E-state index is 12.0. The number of aliphatic hydroxyl groups is 1. The lowest BCUT2D eigenvalue weighted by Gasteiger charge is -2.21. The molecule has 1 unspecified atom stereocenters. The normalized spacial score (nSPS) is 14.1. The van der Waals surface area contributed by atoms with Crippen molar-refractivity contribution < 1.29 is 14.7 Å². The number of carbonyl (C=O) groups excluding carboxylic acids is 2. The molecule has 0 spiro atoms. The number of hydrogen-bond donors (Lipinski definition) is 1. The maximum Gasteiger partial charge on any atom is 0.194 e. The lowest BCUT2D eigenvalue weighted by atomic mass is 9.89. The quantitative estimate of drug-likeness (QED) is 0.769. The third-order valence-electron chi connectivity index (χ3n) is 2.81. The number of ketones is 2. The van der Waals surface area contributed by atoms with Crippen molar-refractivity contribution in [3.8, 4) is 0 Å². The van der Waals surface area contributed by atoms with Gasteiger partial charge in [0.2, 0.25) is 0 Å². The van der Waals surface area contributed by atoms with Gasteiger partial charge in [-0.3, -0.25) is 9.59 Å². The van der Waals surface area contributed by atoms with Crippen LogP contribution in [0, 0.1) is 0 Å². The number of rotatable bonds is 6. The van der Waals surface area contributed by atoms with E-state index in [4.69, 9.17) is 0 Å². The van der Waals surface area contributed by atoms with Gasteiger partial charge < -0.3 is 5.11 Å². The molecule has 17 heavy (non-hydrogen) atoms. The predicted molar refractivity (Wildman–Crippen MR) is 65.9 cm³/mol. The number of hydrogen-bond acceptors (Lipinski definition) is 3. The van der Waals surface area contributed by atoms with Crippen molar-refractivity contribution in [1.29, 1.82) is 0 Å². The zero-order chi connectivity index (χ0) is 12.9. The molecule has 3 nitrogen and oxygen atoms in total. The smallest absolute Gasteiger partial charge is 0.194 e. The second-order valence-corrected chi connectivity index (χ2v) is 4.36. The highest BCUT2D eigenvalue weighted by Gasteiger charge is 2.31. The third kappa shape index (κ3) is 3.79. The van der Waals surface area contributed by atoms with Crippen molar-refractivity contribution in [1.82, 2.24) is 0 Å². The van der Waals surface area contributed by atoms with Crippen molar-refractivity contribution >= 4 is 11.6 Å². The van der Waals surface area contributed by atoms with Gasteiger partial charge in [-0.1, -0.05) is 37.3 Å². The largest absolute Gasteiger partial charge is 0.382 e. The molecule has 0 fully saturated rings. The summed E-state index contributed by atoms with van der Waals surface area (Å²) in [4.78, 5) is 23.2. The summed E-state index contributed by atoms with van der Waals surface area (Å²) in [5.74, 6) is -0.270. The molecule has 0 aliphatic rings. The van der Waals surface area contributed by atoms with Crippen molar-refractivity contribution in [3.05, 3.63) is 35.9 Å². The summed E-state index contributed by atoms with van der Waals surface area (Å²) in [6, 6.07) is 8.64. The zero-order valence-corrected chi connectivity index (χ0v) is 10.3. The molecule has 0 saturated heterocycles. The highest BCUT2D eigenvalue weighted by Crippen LogP contribution is 2.19. The minimum absolute atomic E-state index is 0.0612. The Morgan fingerprint density at radius 1 is 1.24 bits per heavy atom. The summed E-state index contributed by atoms with van der Waals surface area (Å²) in [6.45, 7) is 3.24. The molecule has 0 saturated carbocycles. The Labute approximate surface area is 101 Å². The molecule has 1 aromatic carbocycles. The molecular formula is C14H18O3. The van der Waals surface area contributed by atoms with Gasteiger partial charge in [0, 0.05) is 18.4 Å². The fraction of sp³-hybridized carbons (Fsp3) is 0.429. The highest BCUT2D eigenvalue weighted by atomic mass is 16.3. The Hall–Kier alpha value is -1.48. The number of carbonyl (C=O) groups is 2. The average Bonchev–Trinajstić information content (AvgIpc) is 2.36. The van der Waals surface area contributed by atoms with Crippen molar-refractivity contribution in [2.45, 2.75) is 38.7 Å². The predicted octanol–water partition coefficient (Wildman–Crippen LogP) is 2.38. The van der Waals surface area contributed by atoms with E-state index < -0.39 is 5.60 Å². The molecule has 0 bridgehead atoms. The van der Waals surface area contributed by atoms with Crippen LogP contribution < -0.4 is 0 Å². The van der Waals surface area contributed by atoms with Crippen LogP contribution in [0.4, 0.5) is 0 Å². The van der Waals surface area contributed by atoms with Crippen LogP contribution in [-0.4, -0.2) is 22.3 Å². The van der Waals surface area contributed by atoms with E-state index in [1.165, 1.54) is 6.92 Å². The Morgan fingerprint density at radius 3 is 2.35 bits per heavy atom. The van der Waals surface area contributed by atoms with Crippen LogP contribution in [0.1, 0.15) is 43.5 Å². The van der Waals surface area contributed by atoms with Gasteiger partial charge >= 0.3 is 0 Å². The van der Waals surface area contributed by atoms with E-state index in [0.717, 1.165) is 0 Å². The van der Waals surface area contributed by atoms with Crippen LogP contribution in [0.5, 0.6) is 0 Å². The molecule has 1 N–H and O–H groups in total. The van der Waals surface area contributed by atoms with Crippen molar-refractivity contribution in [2.24, 2.45) is 0 Å². The summed E-state index contributed by atoms with van der Waals surface area (Å²) >= 11 is 0. The molecule has 3 heteroatoms. The van der Waals surface area contributed by atoms with E-state index in [1.807, 2.05) is 6.07 Å². The van der Waals surface area contributed by atoms with Crippen LogP contribution in [0.2, 0.25) is 0 Å². The van der Waals surface area contributed by atoms with Gasteiger partial charge in [-0.15, -0.1) is 0 Å². The highest BCUT2D eigenvalue weighted by molar-refractivity contribution is 6.02. The van der Waals surface area contributed by atoms with Crippen LogP contribution in [0.3, 0.4) is 0 Å². The van der Waals surface area contributed by atoms with Crippen molar-refractivity contribution in [2.75, 3.05) is 0 Å². The second kappa shape index (κ2) is 5.73. The third-order valence-corrected chi connectivity index (χ3v) is 2.81. The molecule has 0 amide bonds. The fourth-order valence-corrected chi connectivity index (χ4v) is 1.57. The van der Waals surface area contributed by atoms with Gasteiger partial charge in [-0.2, -0.15) is 0 Å². The Balaban J connectivity index is 2.70. The number of Topliss-reactive ketones (excluding diaryl/α,β-unsaturated/α-hetero) is 2. The summed E-state index contributed by atoms with van der Waals surface area (Å²) in [5.41, 5.74) is -0.993. The SMILES string of the molecule is CCC(=O)CCC(C)(O)C(=O)c1ccccc1. The molecule has 0 aromatic heterocycles. The summed E-state index contributed by atoms with van der Waals surface area (Å²) in [6.07, 6.45) is 0.852. The average molecular weight is 234 g/mol. The van der Waals surface area contributed by atoms with Gasteiger partial charge in [0.1, 0.15) is 11.4 Å². The molecule has 0 aliphatic heterocycles. The molecule has 0 heterocycles. The van der Waals surface area contributed by atoms with Gasteiger partial charge in [0.05, 0.1) is 0 Å². The number of benzene rings is 1. The van der Waals surface area contributed by atoms with Gasteiger partial charge in [-0.05, 0) is 13.3 Å². The Morgan fingerprint density at radius 2 is 1.82 bits per heavy atom. The lowest BCUT2D eigenvalue weighted by Crippen LogP contribution is -2.35. The molecule has 1 aromatic rings. The minimum atomic E-state index is -1.47. The monoisotopic (exact) mass is 234 g/mol. The molecule has 1 rings (SSSR count). The first-order valence-electron chi connectivity index (χ1n) is 5.81. The molecule has 0 radical (unpaired) electrons. The van der Waals surface area contributed by atoms with E-state index in [1.54, 1.807) is 31.2 Å². The first kappa shape index (κ1) is 13.6. The summed E-state index contributed by atoms with van der Waals surface area (Å²) in [5, 5.41) is 10.1. The van der Waals surface area contributed by atoms with Gasteiger partial charge in [0.25, 0.3) is 0 Å². The van der Waals surface area contributed by atoms with E-state index in [2.05, 4.69) is 0 Å². The molecule has 0 aliphatic carbocycles. The lowest BCUT2D eigenvalue weighted by molar-refractivity contribution is -0.119. The van der Waals surface area contributed by atoms with Crippen LogP contribution in [0.15, 0.2) is 30.3 Å². The van der Waals surface area contributed by atoms with Crippen LogP contribution in [-0.2, 0) is 4.79 Å². The molecule has 1 atom stereocenters. The topological polar surface area (TPSA) is 54.4 Å². The van der Waals surface area contributed by atoms with Gasteiger partial charge in [0.15, 0.2) is 5.78 Å². The van der Waals surface area contributed by atoms with E-state index in [0.29, 0.717) is 12.0 Å². The molecule has 92 valence electrons.